The van der Waals surface area contributed by atoms with E-state index < -0.39 is 29.3 Å². The maximum absolute atomic E-state index is 12.9. The number of nitrogens with zero attached hydrogens (tertiary/aromatic N) is 1. The van der Waals surface area contributed by atoms with Crippen LogP contribution in [0.25, 0.3) is 0 Å². The van der Waals surface area contributed by atoms with E-state index in [0.717, 1.165) is 5.06 Å². The topological polar surface area (TPSA) is 93.1 Å². The minimum absolute atomic E-state index is 0.109. The fourth-order valence-corrected chi connectivity index (χ4v) is 2.31. The Morgan fingerprint density at radius 2 is 1.92 bits per heavy atom. The fraction of sp³-hybridized carbons (Fsp3) is 0.353. The summed E-state index contributed by atoms with van der Waals surface area (Å²) in [6.07, 6.45) is 1.27. The number of hydrogen-bond donors (Lipinski definition) is 1. The first-order chi connectivity index (χ1) is 11.2. The van der Waals surface area contributed by atoms with Gasteiger partial charge in [0, 0.05) is 12.5 Å². The van der Waals surface area contributed by atoms with Crippen molar-refractivity contribution in [1.82, 2.24) is 5.06 Å². The van der Waals surface area contributed by atoms with Crippen molar-refractivity contribution in [2.45, 2.75) is 32.2 Å². The van der Waals surface area contributed by atoms with Crippen molar-refractivity contribution in [3.8, 4) is 0 Å². The number of amides is 1. The van der Waals surface area contributed by atoms with Gasteiger partial charge in [0.15, 0.2) is 5.54 Å². The zero-order valence-electron chi connectivity index (χ0n) is 13.7. The number of ether oxygens (including phenoxy) is 1. The van der Waals surface area contributed by atoms with Crippen LogP contribution in [-0.4, -0.2) is 40.2 Å². The zero-order chi connectivity index (χ0) is 17.9. The summed E-state index contributed by atoms with van der Waals surface area (Å²) >= 11 is 0. The van der Waals surface area contributed by atoms with Gasteiger partial charge in [0.2, 0.25) is 0 Å². The first-order valence-electron chi connectivity index (χ1n) is 7.36. The Morgan fingerprint density at radius 1 is 1.29 bits per heavy atom. The largest absolute Gasteiger partial charge is 0.479 e. The van der Waals surface area contributed by atoms with E-state index in [2.05, 4.69) is 0 Å². The summed E-state index contributed by atoms with van der Waals surface area (Å²) in [5, 5.41) is 10.2. The van der Waals surface area contributed by atoms with Crippen LogP contribution in [0.15, 0.2) is 42.2 Å². The number of carbonyl (C=O) groups is 3. The summed E-state index contributed by atoms with van der Waals surface area (Å²) in [4.78, 5) is 40.7. The molecule has 0 radical (unpaired) electrons. The van der Waals surface area contributed by atoms with Crippen LogP contribution in [0.2, 0.25) is 0 Å². The highest BCUT2D eigenvalue weighted by Gasteiger charge is 2.46. The van der Waals surface area contributed by atoms with Gasteiger partial charge in [-0.2, -0.15) is 5.06 Å². The molecular formula is C17H19NO6. The maximum atomic E-state index is 12.9. The molecule has 7 heteroatoms. The van der Waals surface area contributed by atoms with Gasteiger partial charge in [-0.3, -0.25) is 9.59 Å². The van der Waals surface area contributed by atoms with E-state index in [0.29, 0.717) is 11.1 Å². The van der Waals surface area contributed by atoms with E-state index in [9.17, 15) is 19.5 Å². The molecule has 128 valence electrons. The van der Waals surface area contributed by atoms with Crippen LogP contribution in [0.5, 0.6) is 0 Å². The van der Waals surface area contributed by atoms with Gasteiger partial charge in [-0.15, -0.1) is 0 Å². The molecule has 0 saturated carbocycles. The minimum Gasteiger partial charge on any atom is -0.479 e. The van der Waals surface area contributed by atoms with Crippen molar-refractivity contribution in [3.63, 3.8) is 0 Å². The zero-order valence-corrected chi connectivity index (χ0v) is 13.7. The van der Waals surface area contributed by atoms with Crippen LogP contribution in [0, 0.1) is 0 Å². The molecular weight excluding hydrogens is 314 g/mol. The van der Waals surface area contributed by atoms with Crippen molar-refractivity contribution in [2.24, 2.45) is 0 Å². The molecule has 1 N–H and O–H groups in total. The minimum atomic E-state index is -1.55. The fourth-order valence-electron chi connectivity index (χ4n) is 2.31. The van der Waals surface area contributed by atoms with Crippen molar-refractivity contribution >= 4 is 17.8 Å². The third-order valence-electron chi connectivity index (χ3n) is 3.73. The Morgan fingerprint density at radius 3 is 2.46 bits per heavy atom. The number of esters is 1. The highest BCUT2D eigenvalue weighted by molar-refractivity contribution is 5.92. The number of carbonyl (C=O) groups excluding carboxylic acids is 2. The second-order valence-corrected chi connectivity index (χ2v) is 5.92. The van der Waals surface area contributed by atoms with Crippen LogP contribution >= 0.6 is 0 Å². The highest BCUT2D eigenvalue weighted by atomic mass is 16.7. The monoisotopic (exact) mass is 333 g/mol. The molecule has 0 fully saturated rings. The van der Waals surface area contributed by atoms with E-state index >= 15 is 0 Å². The smallest absolute Gasteiger partial charge is 0.332 e. The Hall–Kier alpha value is -2.83. The van der Waals surface area contributed by atoms with Crippen LogP contribution in [0.1, 0.15) is 32.3 Å². The van der Waals surface area contributed by atoms with E-state index in [-0.39, 0.29) is 6.61 Å². The average Bonchev–Trinajstić information content (AvgIpc) is 2.53. The van der Waals surface area contributed by atoms with Gasteiger partial charge in [-0.25, -0.2) is 4.79 Å². The third-order valence-corrected chi connectivity index (χ3v) is 3.73. The summed E-state index contributed by atoms with van der Waals surface area (Å²) in [7, 11) is 0. The van der Waals surface area contributed by atoms with E-state index in [1.165, 1.54) is 27.0 Å². The summed E-state index contributed by atoms with van der Waals surface area (Å²) in [5.41, 5.74) is -0.442. The number of aliphatic carboxylic acids is 1. The third kappa shape index (κ3) is 3.40. The Kier molecular flexibility index (Phi) is 4.92. The Labute approximate surface area is 139 Å². The van der Waals surface area contributed by atoms with Gasteiger partial charge in [0.05, 0.1) is 5.92 Å². The van der Waals surface area contributed by atoms with Gasteiger partial charge in [-0.05, 0) is 19.4 Å². The van der Waals surface area contributed by atoms with E-state index in [1.54, 1.807) is 24.3 Å². The van der Waals surface area contributed by atoms with Gasteiger partial charge in [-0.1, -0.05) is 30.3 Å². The predicted octanol–water partition coefficient (Wildman–Crippen LogP) is 1.85. The molecule has 1 aliphatic heterocycles. The Bertz CT molecular complexity index is 680. The van der Waals surface area contributed by atoms with Gasteiger partial charge < -0.3 is 14.7 Å². The van der Waals surface area contributed by atoms with E-state index in [4.69, 9.17) is 9.57 Å². The number of hydrogen-bond acceptors (Lipinski definition) is 5. The summed E-state index contributed by atoms with van der Waals surface area (Å²) < 4.78 is 4.98. The SMILES string of the molecule is CC(=O)OCC1=CON(C(C)(C)C(=O)O)C(=O)C1c1ccccc1. The van der Waals surface area contributed by atoms with Crippen molar-refractivity contribution in [2.75, 3.05) is 6.61 Å². The standard InChI is InChI=1S/C17H19NO6/c1-11(19)23-9-13-10-24-18(17(2,3)16(21)22)15(20)14(13)12-7-5-4-6-8-12/h4-8,10,14H,9H2,1-3H3,(H,21,22). The first-order valence-corrected chi connectivity index (χ1v) is 7.36. The van der Waals surface area contributed by atoms with Crippen molar-refractivity contribution in [1.29, 1.82) is 0 Å². The first kappa shape index (κ1) is 17.5. The molecule has 7 nitrogen and oxygen atoms in total. The molecule has 0 bridgehead atoms. The van der Waals surface area contributed by atoms with Crippen molar-refractivity contribution < 1.29 is 29.1 Å². The Balaban J connectivity index is 2.41. The van der Waals surface area contributed by atoms with Crippen LogP contribution in [0.4, 0.5) is 0 Å². The molecule has 0 saturated heterocycles. The molecule has 1 amide bonds. The second-order valence-electron chi connectivity index (χ2n) is 5.92. The molecule has 24 heavy (non-hydrogen) atoms. The number of rotatable bonds is 5. The molecule has 1 unspecified atom stereocenters. The molecule has 0 aromatic heterocycles. The molecule has 1 aromatic rings. The molecule has 1 aliphatic rings. The molecule has 1 atom stereocenters. The molecule has 2 rings (SSSR count). The van der Waals surface area contributed by atoms with Gasteiger partial charge in [0.25, 0.3) is 5.91 Å². The summed E-state index contributed by atoms with van der Waals surface area (Å²) in [6.45, 7) is 3.91. The number of carboxylic acid groups (broad SMARTS) is 1. The molecule has 0 spiro atoms. The maximum Gasteiger partial charge on any atom is 0.332 e. The number of benzene rings is 1. The normalized spacial score (nSPS) is 17.8. The lowest BCUT2D eigenvalue weighted by atomic mass is 9.89. The lowest BCUT2D eigenvalue weighted by Gasteiger charge is -2.38. The average molecular weight is 333 g/mol. The van der Waals surface area contributed by atoms with Crippen LogP contribution in [-0.2, 0) is 24.0 Å². The highest BCUT2D eigenvalue weighted by Crippen LogP contribution is 2.34. The number of hydroxylamine groups is 2. The van der Waals surface area contributed by atoms with Crippen molar-refractivity contribution in [3.05, 3.63) is 47.7 Å². The lowest BCUT2D eigenvalue weighted by Crippen LogP contribution is -2.55. The van der Waals surface area contributed by atoms with Gasteiger partial charge >= 0.3 is 11.9 Å². The summed E-state index contributed by atoms with van der Waals surface area (Å²) in [5.74, 6) is -2.99. The van der Waals surface area contributed by atoms with Crippen LogP contribution in [0.3, 0.4) is 0 Å². The molecule has 0 aliphatic carbocycles. The predicted molar refractivity (Wildman–Crippen MR) is 83.5 cm³/mol. The van der Waals surface area contributed by atoms with Crippen LogP contribution < -0.4 is 0 Å². The van der Waals surface area contributed by atoms with Gasteiger partial charge in [0.1, 0.15) is 12.9 Å². The van der Waals surface area contributed by atoms with E-state index in [1.807, 2.05) is 6.07 Å². The quantitative estimate of drug-likeness (QED) is 0.827. The second kappa shape index (κ2) is 6.74. The molecule has 1 aromatic carbocycles. The summed E-state index contributed by atoms with van der Waals surface area (Å²) in [6, 6.07) is 8.85. The lowest BCUT2D eigenvalue weighted by molar-refractivity contribution is -0.207. The molecule has 1 heterocycles. The number of carboxylic acids is 1.